The van der Waals surface area contributed by atoms with Crippen LogP contribution in [0.4, 0.5) is 0 Å². The maximum atomic E-state index is 12.4. The Morgan fingerprint density at radius 1 is 1.08 bits per heavy atom. The number of rotatable bonds is 5. The SMILES string of the molecule is O=C(NCC1CCS(=O)(=O)CC1)c1cc(Oc2ccccc2)ccc1O. The first-order valence-corrected chi connectivity index (χ1v) is 10.3. The third-order valence-corrected chi connectivity index (χ3v) is 6.13. The molecule has 0 bridgehead atoms. The molecule has 2 N–H and O–H groups in total. The number of carbonyl (C=O) groups excluding carboxylic acids is 1. The number of para-hydroxylation sites is 1. The van der Waals surface area contributed by atoms with Crippen molar-refractivity contribution in [2.75, 3.05) is 18.1 Å². The number of hydrogen-bond donors (Lipinski definition) is 2. The Kier molecular flexibility index (Phi) is 5.46. The number of aromatic hydroxyl groups is 1. The first kappa shape index (κ1) is 18.3. The van der Waals surface area contributed by atoms with Crippen molar-refractivity contribution >= 4 is 15.7 Å². The number of amides is 1. The van der Waals surface area contributed by atoms with Crippen molar-refractivity contribution in [3.8, 4) is 17.2 Å². The third kappa shape index (κ3) is 4.76. The van der Waals surface area contributed by atoms with Crippen LogP contribution in [-0.4, -0.2) is 37.5 Å². The predicted molar refractivity (Wildman–Crippen MR) is 98.3 cm³/mol. The molecule has 7 heteroatoms. The predicted octanol–water partition coefficient (Wildman–Crippen LogP) is 2.74. The zero-order valence-electron chi connectivity index (χ0n) is 14.2. The summed E-state index contributed by atoms with van der Waals surface area (Å²) in [5, 5.41) is 12.8. The number of benzene rings is 2. The van der Waals surface area contributed by atoms with Gasteiger partial charge in [0.1, 0.15) is 27.1 Å². The van der Waals surface area contributed by atoms with E-state index in [4.69, 9.17) is 4.74 Å². The summed E-state index contributed by atoms with van der Waals surface area (Å²) in [4.78, 5) is 12.4. The highest BCUT2D eigenvalue weighted by atomic mass is 32.2. The minimum atomic E-state index is -2.92. The quantitative estimate of drug-likeness (QED) is 0.838. The summed E-state index contributed by atoms with van der Waals surface area (Å²) in [6, 6.07) is 13.6. The van der Waals surface area contributed by atoms with Gasteiger partial charge in [-0.05, 0) is 49.1 Å². The lowest BCUT2D eigenvalue weighted by molar-refractivity contribution is 0.0943. The minimum Gasteiger partial charge on any atom is -0.507 e. The Hall–Kier alpha value is -2.54. The Bertz CT molecular complexity index is 866. The standard InChI is InChI=1S/C19H21NO5S/c21-18-7-6-16(25-15-4-2-1-3-5-15)12-17(18)19(22)20-13-14-8-10-26(23,24)11-9-14/h1-7,12,14,21H,8-11,13H2,(H,20,22). The van der Waals surface area contributed by atoms with Crippen LogP contribution < -0.4 is 10.1 Å². The van der Waals surface area contributed by atoms with E-state index in [-0.39, 0.29) is 28.7 Å². The fraction of sp³-hybridized carbons (Fsp3) is 0.316. The van der Waals surface area contributed by atoms with Gasteiger partial charge in [0.25, 0.3) is 5.91 Å². The summed E-state index contributed by atoms with van der Waals surface area (Å²) < 4.78 is 28.6. The minimum absolute atomic E-state index is 0.127. The molecule has 1 fully saturated rings. The Morgan fingerprint density at radius 2 is 1.77 bits per heavy atom. The van der Waals surface area contributed by atoms with Gasteiger partial charge in [-0.3, -0.25) is 4.79 Å². The van der Waals surface area contributed by atoms with Crippen molar-refractivity contribution in [3.05, 3.63) is 54.1 Å². The van der Waals surface area contributed by atoms with E-state index in [9.17, 15) is 18.3 Å². The van der Waals surface area contributed by atoms with Gasteiger partial charge < -0.3 is 15.2 Å². The fourth-order valence-electron chi connectivity index (χ4n) is 2.86. The van der Waals surface area contributed by atoms with Crippen molar-refractivity contribution in [1.29, 1.82) is 0 Å². The molecule has 0 spiro atoms. The molecule has 1 aliphatic rings. The lowest BCUT2D eigenvalue weighted by Gasteiger charge is -2.22. The summed E-state index contributed by atoms with van der Waals surface area (Å²) in [6.45, 7) is 0.386. The third-order valence-electron chi connectivity index (χ3n) is 4.42. The van der Waals surface area contributed by atoms with Crippen LogP contribution in [-0.2, 0) is 9.84 Å². The number of hydrogen-bond acceptors (Lipinski definition) is 5. The summed E-state index contributed by atoms with van der Waals surface area (Å²) in [5.41, 5.74) is 0.127. The highest BCUT2D eigenvalue weighted by Gasteiger charge is 2.24. The van der Waals surface area contributed by atoms with Gasteiger partial charge in [0, 0.05) is 6.54 Å². The number of phenols is 1. The van der Waals surface area contributed by atoms with E-state index in [1.54, 1.807) is 18.2 Å². The maximum absolute atomic E-state index is 12.4. The molecule has 1 saturated heterocycles. The van der Waals surface area contributed by atoms with Gasteiger partial charge in [-0.2, -0.15) is 0 Å². The summed E-state index contributed by atoms with van der Waals surface area (Å²) in [6.07, 6.45) is 1.09. The molecule has 1 aliphatic heterocycles. The van der Waals surface area contributed by atoms with Crippen LogP contribution in [0.15, 0.2) is 48.5 Å². The highest BCUT2D eigenvalue weighted by molar-refractivity contribution is 7.91. The smallest absolute Gasteiger partial charge is 0.255 e. The Morgan fingerprint density at radius 3 is 2.46 bits per heavy atom. The van der Waals surface area contributed by atoms with Crippen molar-refractivity contribution in [2.24, 2.45) is 5.92 Å². The van der Waals surface area contributed by atoms with E-state index in [2.05, 4.69) is 5.32 Å². The molecule has 1 amide bonds. The molecule has 2 aromatic carbocycles. The Balaban J connectivity index is 1.62. The van der Waals surface area contributed by atoms with Crippen LogP contribution in [0.1, 0.15) is 23.2 Å². The van der Waals surface area contributed by atoms with E-state index in [1.165, 1.54) is 12.1 Å². The van der Waals surface area contributed by atoms with Gasteiger partial charge >= 0.3 is 0 Å². The van der Waals surface area contributed by atoms with Crippen LogP contribution in [0.3, 0.4) is 0 Å². The zero-order chi connectivity index (χ0) is 18.6. The van der Waals surface area contributed by atoms with Crippen LogP contribution in [0.2, 0.25) is 0 Å². The van der Waals surface area contributed by atoms with E-state index < -0.39 is 15.7 Å². The summed E-state index contributed by atoms with van der Waals surface area (Å²) >= 11 is 0. The van der Waals surface area contributed by atoms with Gasteiger partial charge in [0.15, 0.2) is 0 Å². The highest BCUT2D eigenvalue weighted by Crippen LogP contribution is 2.27. The molecule has 1 heterocycles. The lowest BCUT2D eigenvalue weighted by atomic mass is 10.0. The number of carbonyl (C=O) groups is 1. The second-order valence-electron chi connectivity index (χ2n) is 6.40. The van der Waals surface area contributed by atoms with E-state index in [0.29, 0.717) is 30.9 Å². The largest absolute Gasteiger partial charge is 0.507 e. The van der Waals surface area contributed by atoms with Crippen molar-refractivity contribution in [3.63, 3.8) is 0 Å². The molecule has 6 nitrogen and oxygen atoms in total. The molecule has 0 saturated carbocycles. The summed E-state index contributed by atoms with van der Waals surface area (Å²) in [5.74, 6) is 1.01. The first-order valence-electron chi connectivity index (χ1n) is 8.47. The average Bonchev–Trinajstić information content (AvgIpc) is 2.63. The van der Waals surface area contributed by atoms with Crippen molar-refractivity contribution in [1.82, 2.24) is 5.32 Å². The Labute approximate surface area is 152 Å². The molecule has 138 valence electrons. The number of ether oxygens (including phenoxy) is 1. The molecule has 26 heavy (non-hydrogen) atoms. The molecule has 0 aliphatic carbocycles. The van der Waals surface area contributed by atoms with Crippen LogP contribution >= 0.6 is 0 Å². The molecule has 0 radical (unpaired) electrons. The lowest BCUT2D eigenvalue weighted by Crippen LogP contribution is -2.34. The monoisotopic (exact) mass is 375 g/mol. The van der Waals surface area contributed by atoms with Crippen molar-refractivity contribution < 1.29 is 23.1 Å². The van der Waals surface area contributed by atoms with E-state index >= 15 is 0 Å². The normalized spacial score (nSPS) is 16.8. The van der Waals surface area contributed by atoms with Gasteiger partial charge in [0.2, 0.25) is 0 Å². The average molecular weight is 375 g/mol. The number of sulfone groups is 1. The van der Waals surface area contributed by atoms with Crippen molar-refractivity contribution in [2.45, 2.75) is 12.8 Å². The second kappa shape index (κ2) is 7.78. The fourth-order valence-corrected chi connectivity index (χ4v) is 4.45. The zero-order valence-corrected chi connectivity index (χ0v) is 15.0. The van der Waals surface area contributed by atoms with Crippen LogP contribution in [0.5, 0.6) is 17.2 Å². The molecule has 0 aromatic heterocycles. The van der Waals surface area contributed by atoms with Crippen LogP contribution in [0.25, 0.3) is 0 Å². The molecule has 0 atom stereocenters. The first-order chi connectivity index (χ1) is 12.4. The molecule has 3 rings (SSSR count). The van der Waals surface area contributed by atoms with Gasteiger partial charge in [0.05, 0.1) is 17.1 Å². The molecular formula is C19H21NO5S. The second-order valence-corrected chi connectivity index (χ2v) is 8.70. The van der Waals surface area contributed by atoms with E-state index in [1.807, 2.05) is 18.2 Å². The van der Waals surface area contributed by atoms with Gasteiger partial charge in [-0.15, -0.1) is 0 Å². The van der Waals surface area contributed by atoms with Gasteiger partial charge in [-0.25, -0.2) is 8.42 Å². The topological polar surface area (TPSA) is 92.7 Å². The van der Waals surface area contributed by atoms with E-state index in [0.717, 1.165) is 0 Å². The summed E-state index contributed by atoms with van der Waals surface area (Å²) in [7, 11) is -2.92. The van der Waals surface area contributed by atoms with Crippen LogP contribution in [0, 0.1) is 5.92 Å². The molecule has 0 unspecified atom stereocenters. The maximum Gasteiger partial charge on any atom is 0.255 e. The van der Waals surface area contributed by atoms with Gasteiger partial charge in [-0.1, -0.05) is 18.2 Å². The number of phenolic OH excluding ortho intramolecular Hbond substituents is 1. The molecular weight excluding hydrogens is 354 g/mol. The molecule has 2 aromatic rings. The number of nitrogens with one attached hydrogen (secondary N) is 1.